The number of hydrogen-bond acceptors (Lipinski definition) is 5. The molecule has 1 aromatic carbocycles. The number of carbonyl (C=O) groups excluding carboxylic acids is 1. The molecular formula is C9H11N3O4. The zero-order valence-electron chi connectivity index (χ0n) is 8.80. The van der Waals surface area contributed by atoms with Crippen LogP contribution in [0, 0.1) is 10.1 Å². The Kier molecular flexibility index (Phi) is 2.98. The van der Waals surface area contributed by atoms with Crippen LogP contribution < -0.4 is 5.73 Å². The van der Waals surface area contributed by atoms with Crippen molar-refractivity contribution in [3.63, 3.8) is 0 Å². The van der Waals surface area contributed by atoms with Crippen molar-refractivity contribution in [2.45, 2.75) is 0 Å². The summed E-state index contributed by atoms with van der Waals surface area (Å²) in [6, 6.07) is 1.94. The molecule has 0 aliphatic rings. The molecule has 0 atom stereocenters. The van der Waals surface area contributed by atoms with E-state index >= 15 is 0 Å². The summed E-state index contributed by atoms with van der Waals surface area (Å²) in [5.41, 5.74) is 4.84. The molecule has 0 aliphatic carbocycles. The molecule has 7 nitrogen and oxygen atoms in total. The molecule has 0 unspecified atom stereocenters. The van der Waals surface area contributed by atoms with Gasteiger partial charge in [-0.15, -0.1) is 0 Å². The third-order valence-corrected chi connectivity index (χ3v) is 1.99. The van der Waals surface area contributed by atoms with Gasteiger partial charge < -0.3 is 15.7 Å². The Balaban J connectivity index is 3.38. The van der Waals surface area contributed by atoms with Gasteiger partial charge in [-0.05, 0) is 0 Å². The number of nitrogens with zero attached hydrogens (tertiary/aromatic N) is 2. The quantitative estimate of drug-likeness (QED) is 0.331. The first kappa shape index (κ1) is 11.8. The monoisotopic (exact) mass is 225 g/mol. The van der Waals surface area contributed by atoms with Crippen molar-refractivity contribution in [3.05, 3.63) is 27.8 Å². The molecule has 0 fully saturated rings. The predicted octanol–water partition coefficient (Wildman–Crippen LogP) is 0.584. The van der Waals surface area contributed by atoms with Crippen LogP contribution in [0.15, 0.2) is 12.1 Å². The fraction of sp³-hybridized carbons (Fsp3) is 0.222. The van der Waals surface area contributed by atoms with Gasteiger partial charge in [-0.2, -0.15) is 0 Å². The average Bonchev–Trinajstić information content (AvgIpc) is 2.20. The highest BCUT2D eigenvalue weighted by Gasteiger charge is 2.20. The fourth-order valence-corrected chi connectivity index (χ4v) is 1.15. The van der Waals surface area contributed by atoms with Crippen LogP contribution in [0.1, 0.15) is 10.4 Å². The number of nitrogen functional groups attached to an aromatic ring is 1. The minimum atomic E-state index is -0.703. The maximum atomic E-state index is 11.6. The van der Waals surface area contributed by atoms with Gasteiger partial charge in [0, 0.05) is 20.2 Å². The van der Waals surface area contributed by atoms with E-state index in [1.807, 2.05) is 0 Å². The molecule has 0 radical (unpaired) electrons. The smallest absolute Gasteiger partial charge is 0.274 e. The number of aromatic hydroxyl groups is 1. The lowest BCUT2D eigenvalue weighted by Gasteiger charge is -2.12. The summed E-state index contributed by atoms with van der Waals surface area (Å²) in [7, 11) is 2.97. The maximum Gasteiger partial charge on any atom is 0.274 e. The first-order chi connectivity index (χ1) is 7.34. The summed E-state index contributed by atoms with van der Waals surface area (Å²) in [6.45, 7) is 0. The van der Waals surface area contributed by atoms with Crippen LogP contribution in [-0.2, 0) is 0 Å². The number of nitro benzene ring substituents is 1. The van der Waals surface area contributed by atoms with Crippen molar-refractivity contribution in [3.8, 4) is 5.75 Å². The summed E-state index contributed by atoms with van der Waals surface area (Å²) in [5.74, 6) is -0.976. The van der Waals surface area contributed by atoms with Gasteiger partial charge in [0.25, 0.3) is 11.6 Å². The van der Waals surface area contributed by atoms with E-state index in [0.717, 1.165) is 12.1 Å². The van der Waals surface area contributed by atoms with E-state index in [2.05, 4.69) is 0 Å². The second-order valence-corrected chi connectivity index (χ2v) is 3.38. The van der Waals surface area contributed by atoms with Gasteiger partial charge in [0.15, 0.2) is 0 Å². The number of hydrogen-bond donors (Lipinski definition) is 2. The molecule has 3 N–H and O–H groups in total. The molecule has 1 rings (SSSR count). The highest BCUT2D eigenvalue weighted by molar-refractivity contribution is 6.00. The number of amides is 1. The number of carbonyl (C=O) groups is 1. The lowest BCUT2D eigenvalue weighted by atomic mass is 10.1. The van der Waals surface area contributed by atoms with Crippen molar-refractivity contribution >= 4 is 17.3 Å². The van der Waals surface area contributed by atoms with Crippen LogP contribution in [0.25, 0.3) is 0 Å². The zero-order valence-corrected chi connectivity index (χ0v) is 8.80. The lowest BCUT2D eigenvalue weighted by molar-refractivity contribution is -0.384. The Hall–Kier alpha value is -2.31. The molecule has 86 valence electrons. The summed E-state index contributed by atoms with van der Waals surface area (Å²) < 4.78 is 0. The fourth-order valence-electron chi connectivity index (χ4n) is 1.15. The van der Waals surface area contributed by atoms with Crippen molar-refractivity contribution in [2.75, 3.05) is 19.8 Å². The number of rotatable bonds is 2. The topological polar surface area (TPSA) is 110 Å². The van der Waals surface area contributed by atoms with Gasteiger partial charge in [0.05, 0.1) is 22.2 Å². The van der Waals surface area contributed by atoms with Gasteiger partial charge in [0.1, 0.15) is 5.75 Å². The first-order valence-corrected chi connectivity index (χ1v) is 4.33. The van der Waals surface area contributed by atoms with E-state index in [0.29, 0.717) is 0 Å². The van der Waals surface area contributed by atoms with Crippen LogP contribution in [0.3, 0.4) is 0 Å². The zero-order chi connectivity index (χ0) is 12.5. The minimum absolute atomic E-state index is 0.0864. The lowest BCUT2D eigenvalue weighted by Crippen LogP contribution is -2.22. The van der Waals surface area contributed by atoms with Crippen LogP contribution in [0.5, 0.6) is 5.75 Å². The second-order valence-electron chi connectivity index (χ2n) is 3.38. The number of non-ortho nitro benzene ring substituents is 1. The summed E-state index contributed by atoms with van der Waals surface area (Å²) >= 11 is 0. The number of nitro groups is 1. The molecular weight excluding hydrogens is 214 g/mol. The van der Waals surface area contributed by atoms with Gasteiger partial charge in [-0.25, -0.2) is 0 Å². The molecule has 1 amide bonds. The number of phenols is 1. The van der Waals surface area contributed by atoms with E-state index in [-0.39, 0.29) is 16.9 Å². The molecule has 1 aromatic rings. The largest absolute Gasteiger partial charge is 0.506 e. The number of benzene rings is 1. The van der Waals surface area contributed by atoms with Crippen molar-refractivity contribution in [1.82, 2.24) is 4.90 Å². The highest BCUT2D eigenvalue weighted by atomic mass is 16.6. The second kappa shape index (κ2) is 4.05. The van der Waals surface area contributed by atoms with Gasteiger partial charge >= 0.3 is 0 Å². The molecule has 0 heterocycles. The van der Waals surface area contributed by atoms with Crippen LogP contribution >= 0.6 is 0 Å². The molecule has 0 aliphatic heterocycles. The number of nitrogens with two attached hydrogens (primary N) is 1. The van der Waals surface area contributed by atoms with Gasteiger partial charge in [0.2, 0.25) is 0 Å². The van der Waals surface area contributed by atoms with Gasteiger partial charge in [-0.3, -0.25) is 14.9 Å². The maximum absolute atomic E-state index is 11.6. The average molecular weight is 225 g/mol. The normalized spacial score (nSPS) is 9.88. The van der Waals surface area contributed by atoms with E-state index in [1.54, 1.807) is 0 Å². The molecule has 0 saturated heterocycles. The third-order valence-electron chi connectivity index (χ3n) is 1.99. The van der Waals surface area contributed by atoms with Crippen molar-refractivity contribution in [2.24, 2.45) is 0 Å². The van der Waals surface area contributed by atoms with Crippen LogP contribution in [-0.4, -0.2) is 34.9 Å². The highest BCUT2D eigenvalue weighted by Crippen LogP contribution is 2.30. The first-order valence-electron chi connectivity index (χ1n) is 4.33. The van der Waals surface area contributed by atoms with E-state index in [4.69, 9.17) is 5.73 Å². The Morgan fingerprint density at radius 1 is 1.50 bits per heavy atom. The Morgan fingerprint density at radius 3 is 2.50 bits per heavy atom. The molecule has 16 heavy (non-hydrogen) atoms. The SMILES string of the molecule is CN(C)C(=O)c1cc([N+](=O)[O-])cc(O)c1N. The molecule has 7 heteroatoms. The molecule has 0 bridgehead atoms. The Labute approximate surface area is 91.2 Å². The van der Waals surface area contributed by atoms with E-state index in [1.165, 1.54) is 19.0 Å². The third kappa shape index (κ3) is 2.02. The summed E-state index contributed by atoms with van der Waals surface area (Å²) in [4.78, 5) is 22.7. The van der Waals surface area contributed by atoms with E-state index in [9.17, 15) is 20.0 Å². The van der Waals surface area contributed by atoms with Crippen LogP contribution in [0.2, 0.25) is 0 Å². The standard InChI is InChI=1S/C9H11N3O4/c1-11(2)9(14)6-3-5(12(15)16)4-7(13)8(6)10/h3-4,13H,10H2,1-2H3. The predicted molar refractivity (Wildman–Crippen MR) is 57.2 cm³/mol. The van der Waals surface area contributed by atoms with Crippen molar-refractivity contribution < 1.29 is 14.8 Å². The van der Waals surface area contributed by atoms with Crippen molar-refractivity contribution in [1.29, 1.82) is 0 Å². The molecule has 0 aromatic heterocycles. The summed E-state index contributed by atoms with van der Waals surface area (Å²) in [6.07, 6.45) is 0. The Morgan fingerprint density at radius 2 is 2.06 bits per heavy atom. The van der Waals surface area contributed by atoms with E-state index < -0.39 is 16.6 Å². The number of anilines is 1. The van der Waals surface area contributed by atoms with Gasteiger partial charge in [-0.1, -0.05) is 0 Å². The van der Waals surface area contributed by atoms with Crippen LogP contribution in [0.4, 0.5) is 11.4 Å². The Bertz CT molecular complexity index is 456. The summed E-state index contributed by atoms with van der Waals surface area (Å²) in [5, 5.41) is 19.9. The molecule has 0 saturated carbocycles. The minimum Gasteiger partial charge on any atom is -0.506 e. The number of phenolic OH excluding ortho intramolecular Hbond substituents is 1. The molecule has 0 spiro atoms.